The molecule has 1 N–H and O–H groups in total. The third-order valence-electron chi connectivity index (χ3n) is 4.58. The molecular weight excluding hydrogens is 318 g/mol. The summed E-state index contributed by atoms with van der Waals surface area (Å²) in [5.74, 6) is 0.569. The van der Waals surface area contributed by atoms with E-state index in [1.54, 1.807) is 0 Å². The van der Waals surface area contributed by atoms with Gasteiger partial charge in [0, 0.05) is 12.0 Å². The van der Waals surface area contributed by atoms with Gasteiger partial charge in [0.15, 0.2) is 0 Å². The summed E-state index contributed by atoms with van der Waals surface area (Å²) in [4.78, 5) is 0. The second-order valence-corrected chi connectivity index (χ2v) is 7.08. The Labute approximate surface area is 129 Å². The molecule has 1 aromatic heterocycles. The maximum Gasteiger partial charge on any atom is 0.0702 e. The third kappa shape index (κ3) is 2.44. The van der Waals surface area contributed by atoms with Crippen molar-refractivity contribution >= 4 is 15.9 Å². The van der Waals surface area contributed by atoms with Gasteiger partial charge in [0.2, 0.25) is 0 Å². The number of hydrogen-bond acceptors (Lipinski definition) is 3. The lowest BCUT2D eigenvalue weighted by atomic mass is 9.82. The zero-order chi connectivity index (χ0) is 14.3. The predicted octanol–water partition coefficient (Wildman–Crippen LogP) is 3.44. The molecule has 3 rings (SSSR count). The van der Waals surface area contributed by atoms with Gasteiger partial charge in [0.05, 0.1) is 34.6 Å². The highest BCUT2D eigenvalue weighted by atomic mass is 79.9. The van der Waals surface area contributed by atoms with Gasteiger partial charge in [-0.05, 0) is 55.6 Å². The van der Waals surface area contributed by atoms with Crippen LogP contribution in [0.3, 0.4) is 0 Å². The monoisotopic (exact) mass is 341 g/mol. The Balaban J connectivity index is 1.92. The molecule has 4 unspecified atom stereocenters. The van der Waals surface area contributed by atoms with E-state index in [2.05, 4.69) is 51.8 Å². The van der Waals surface area contributed by atoms with Crippen LogP contribution in [0.4, 0.5) is 0 Å². The Bertz CT molecular complexity index is 474. The lowest BCUT2D eigenvalue weighted by Crippen LogP contribution is -2.35. The smallest absolute Gasteiger partial charge is 0.0702 e. The average Bonchev–Trinajstić information content (AvgIpc) is 3.10. The normalized spacial score (nSPS) is 30.4. The Morgan fingerprint density at radius 3 is 2.85 bits per heavy atom. The summed E-state index contributed by atoms with van der Waals surface area (Å²) in [6.07, 6.45) is 6.47. The first-order valence-electron chi connectivity index (χ1n) is 7.73. The summed E-state index contributed by atoms with van der Waals surface area (Å²) in [6.45, 7) is 7.51. The summed E-state index contributed by atoms with van der Waals surface area (Å²) in [5.41, 5.74) is 1.28. The van der Waals surface area contributed by atoms with Crippen LogP contribution in [-0.2, 0) is 4.74 Å². The average molecular weight is 342 g/mol. The number of fused-ring (bicyclic) bond motifs is 2. The van der Waals surface area contributed by atoms with Crippen LogP contribution < -0.4 is 5.32 Å². The number of rotatable bonds is 5. The molecular formula is C15H24BrN3O. The Morgan fingerprint density at radius 1 is 1.50 bits per heavy atom. The molecule has 1 aromatic rings. The van der Waals surface area contributed by atoms with Gasteiger partial charge in [-0.25, -0.2) is 0 Å². The summed E-state index contributed by atoms with van der Waals surface area (Å²) in [5, 5.41) is 8.22. The molecule has 3 heterocycles. The SMILES string of the molecule is CCNC(c1c(Br)cnn1C(C)C)C1CC2CCC1O2. The summed E-state index contributed by atoms with van der Waals surface area (Å²) >= 11 is 3.69. The van der Waals surface area contributed by atoms with Crippen LogP contribution in [0, 0.1) is 5.92 Å². The van der Waals surface area contributed by atoms with Crippen LogP contribution in [0.5, 0.6) is 0 Å². The fraction of sp³-hybridized carbons (Fsp3) is 0.800. The first kappa shape index (κ1) is 14.5. The van der Waals surface area contributed by atoms with Crippen molar-refractivity contribution in [3.05, 3.63) is 16.4 Å². The molecule has 5 heteroatoms. The van der Waals surface area contributed by atoms with Crippen molar-refractivity contribution in [1.29, 1.82) is 0 Å². The first-order chi connectivity index (χ1) is 9.61. The largest absolute Gasteiger partial charge is 0.375 e. The molecule has 112 valence electrons. The van der Waals surface area contributed by atoms with E-state index < -0.39 is 0 Å². The van der Waals surface area contributed by atoms with E-state index in [0.717, 1.165) is 11.0 Å². The maximum absolute atomic E-state index is 6.07. The van der Waals surface area contributed by atoms with E-state index in [1.807, 2.05) is 6.20 Å². The Kier molecular flexibility index (Phi) is 4.20. The highest BCUT2D eigenvalue weighted by Crippen LogP contribution is 2.46. The second kappa shape index (κ2) is 5.78. The number of nitrogens with one attached hydrogen (secondary N) is 1. The van der Waals surface area contributed by atoms with Crippen LogP contribution in [0.25, 0.3) is 0 Å². The zero-order valence-corrected chi connectivity index (χ0v) is 14.1. The molecule has 0 aliphatic carbocycles. The van der Waals surface area contributed by atoms with Crippen LogP contribution in [0.2, 0.25) is 0 Å². The molecule has 2 aliphatic rings. The van der Waals surface area contributed by atoms with Gasteiger partial charge in [-0.2, -0.15) is 5.10 Å². The van der Waals surface area contributed by atoms with E-state index in [-0.39, 0.29) is 0 Å². The Morgan fingerprint density at radius 2 is 2.30 bits per heavy atom. The number of ether oxygens (including phenoxy) is 1. The molecule has 4 nitrogen and oxygen atoms in total. The molecule has 2 saturated heterocycles. The van der Waals surface area contributed by atoms with Crippen molar-refractivity contribution < 1.29 is 4.74 Å². The predicted molar refractivity (Wildman–Crippen MR) is 82.7 cm³/mol. The van der Waals surface area contributed by atoms with Crippen molar-refractivity contribution in [3.63, 3.8) is 0 Å². The number of hydrogen-bond donors (Lipinski definition) is 1. The molecule has 2 aliphatic heterocycles. The highest BCUT2D eigenvalue weighted by Gasteiger charge is 2.45. The summed E-state index contributed by atoms with van der Waals surface area (Å²) in [6, 6.07) is 0.701. The van der Waals surface area contributed by atoms with Gasteiger partial charge in [-0.3, -0.25) is 4.68 Å². The molecule has 0 radical (unpaired) electrons. The van der Waals surface area contributed by atoms with Crippen molar-refractivity contribution in [3.8, 4) is 0 Å². The molecule has 4 atom stereocenters. The quantitative estimate of drug-likeness (QED) is 0.891. The van der Waals surface area contributed by atoms with E-state index >= 15 is 0 Å². The van der Waals surface area contributed by atoms with Crippen molar-refractivity contribution in [2.45, 2.75) is 64.3 Å². The molecule has 20 heavy (non-hydrogen) atoms. The summed E-state index contributed by atoms with van der Waals surface area (Å²) < 4.78 is 9.32. The van der Waals surface area contributed by atoms with E-state index in [0.29, 0.717) is 30.2 Å². The lowest BCUT2D eigenvalue weighted by molar-refractivity contribution is 0.0849. The fourth-order valence-corrected chi connectivity index (χ4v) is 4.27. The molecule has 0 amide bonds. The van der Waals surface area contributed by atoms with Gasteiger partial charge in [0.1, 0.15) is 0 Å². The molecule has 0 spiro atoms. The molecule has 2 fully saturated rings. The first-order valence-corrected chi connectivity index (χ1v) is 8.52. The minimum absolute atomic E-state index is 0.328. The molecule has 0 aromatic carbocycles. The van der Waals surface area contributed by atoms with Gasteiger partial charge in [-0.15, -0.1) is 0 Å². The van der Waals surface area contributed by atoms with Crippen LogP contribution in [-0.4, -0.2) is 28.5 Å². The van der Waals surface area contributed by atoms with E-state index in [4.69, 9.17) is 4.74 Å². The molecule has 2 bridgehead atoms. The van der Waals surface area contributed by atoms with Gasteiger partial charge in [0.25, 0.3) is 0 Å². The number of nitrogens with zero attached hydrogens (tertiary/aromatic N) is 2. The number of aromatic nitrogens is 2. The lowest BCUT2D eigenvalue weighted by Gasteiger charge is -2.30. The van der Waals surface area contributed by atoms with E-state index in [9.17, 15) is 0 Å². The van der Waals surface area contributed by atoms with Crippen molar-refractivity contribution in [2.75, 3.05) is 6.54 Å². The van der Waals surface area contributed by atoms with Gasteiger partial charge >= 0.3 is 0 Å². The van der Waals surface area contributed by atoms with Crippen LogP contribution in [0.15, 0.2) is 10.7 Å². The molecule has 0 saturated carbocycles. The van der Waals surface area contributed by atoms with Gasteiger partial charge < -0.3 is 10.1 Å². The topological polar surface area (TPSA) is 39.1 Å². The third-order valence-corrected chi connectivity index (χ3v) is 5.19. The highest BCUT2D eigenvalue weighted by molar-refractivity contribution is 9.10. The second-order valence-electron chi connectivity index (χ2n) is 6.22. The van der Waals surface area contributed by atoms with Gasteiger partial charge in [-0.1, -0.05) is 6.92 Å². The van der Waals surface area contributed by atoms with E-state index in [1.165, 1.54) is 25.0 Å². The zero-order valence-electron chi connectivity index (χ0n) is 12.5. The standard InChI is InChI=1S/C15H24BrN3O/c1-4-17-14(11-7-10-5-6-13(11)20-10)15-12(16)8-18-19(15)9(2)3/h8-11,13-14,17H,4-7H2,1-3H3. The minimum Gasteiger partial charge on any atom is -0.375 e. The van der Waals surface area contributed by atoms with Crippen LogP contribution >= 0.6 is 15.9 Å². The summed E-state index contributed by atoms with van der Waals surface area (Å²) in [7, 11) is 0. The maximum atomic E-state index is 6.07. The van der Waals surface area contributed by atoms with Crippen molar-refractivity contribution in [2.24, 2.45) is 5.92 Å². The Hall–Kier alpha value is -0.390. The minimum atomic E-state index is 0.328. The fourth-order valence-electron chi connectivity index (χ4n) is 3.75. The number of halogens is 1. The van der Waals surface area contributed by atoms with Crippen molar-refractivity contribution in [1.82, 2.24) is 15.1 Å². The van der Waals surface area contributed by atoms with Crippen LogP contribution in [0.1, 0.15) is 57.8 Å².